The molecule has 6 heteroatoms. The summed E-state index contributed by atoms with van der Waals surface area (Å²) in [6, 6.07) is 2.42. The summed E-state index contributed by atoms with van der Waals surface area (Å²) in [5.41, 5.74) is -0.290. The molecule has 0 bridgehead atoms. The average molecular weight is 250 g/mol. The van der Waals surface area contributed by atoms with Crippen molar-refractivity contribution in [1.82, 2.24) is 4.98 Å². The Morgan fingerprint density at radius 1 is 1.56 bits per heavy atom. The van der Waals surface area contributed by atoms with Gasteiger partial charge < -0.3 is 4.74 Å². The first kappa shape index (κ1) is 12.8. The second-order valence-corrected chi connectivity index (χ2v) is 3.35. The van der Waals surface area contributed by atoms with E-state index in [1.807, 2.05) is 0 Å². The molecule has 3 nitrogen and oxygen atoms in total. The van der Waals surface area contributed by atoms with E-state index in [2.05, 4.69) is 9.72 Å². The normalized spacial score (nSPS) is 10.6. The van der Waals surface area contributed by atoms with E-state index in [1.165, 1.54) is 6.07 Å². The lowest BCUT2D eigenvalue weighted by Crippen LogP contribution is -2.10. The van der Waals surface area contributed by atoms with Gasteiger partial charge in [0, 0.05) is 0 Å². The number of esters is 1. The molecule has 1 rings (SSSR count). The molecule has 88 valence electrons. The lowest BCUT2D eigenvalue weighted by atomic mass is 10.2. The van der Waals surface area contributed by atoms with Crippen molar-refractivity contribution in [1.29, 1.82) is 0 Å². The Bertz CT molecular complexity index is 385. The minimum Gasteiger partial charge on any atom is -0.466 e. The fraction of sp³-hybridized carbons (Fsp3) is 0.400. The maximum absolute atomic E-state index is 12.3. The number of carbonyl (C=O) groups excluding carboxylic acids is 1. The van der Waals surface area contributed by atoms with Crippen LogP contribution < -0.4 is 0 Å². The summed E-state index contributed by atoms with van der Waals surface area (Å²) in [7, 11) is 0. The molecule has 0 saturated carbocycles. The van der Waals surface area contributed by atoms with E-state index in [4.69, 9.17) is 11.6 Å². The summed E-state index contributed by atoms with van der Waals surface area (Å²) in [5.74, 6) is -0.539. The molecular weight excluding hydrogens is 240 g/mol. The molecule has 0 amide bonds. The molecule has 16 heavy (non-hydrogen) atoms. The first-order chi connectivity index (χ1) is 7.54. The summed E-state index contributed by atoms with van der Waals surface area (Å²) in [6.45, 7) is 1.88. The van der Waals surface area contributed by atoms with Gasteiger partial charge in [-0.05, 0) is 19.1 Å². The van der Waals surface area contributed by atoms with Gasteiger partial charge in [0.05, 0.1) is 23.7 Å². The van der Waals surface area contributed by atoms with Crippen molar-refractivity contribution in [2.45, 2.75) is 19.8 Å². The first-order valence-corrected chi connectivity index (χ1v) is 5.01. The predicted molar refractivity (Wildman–Crippen MR) is 54.5 cm³/mol. The van der Waals surface area contributed by atoms with E-state index in [1.54, 1.807) is 6.92 Å². The zero-order chi connectivity index (χ0) is 12.1. The molecular formula is C10H10ClF2NO2. The third-order valence-corrected chi connectivity index (χ3v) is 2.12. The number of hydrogen-bond acceptors (Lipinski definition) is 3. The number of pyridine rings is 1. The van der Waals surface area contributed by atoms with E-state index in [0.29, 0.717) is 0 Å². The highest BCUT2D eigenvalue weighted by molar-refractivity contribution is 6.31. The van der Waals surface area contributed by atoms with Crippen LogP contribution in [0.25, 0.3) is 0 Å². The van der Waals surface area contributed by atoms with Crippen molar-refractivity contribution in [2.75, 3.05) is 6.61 Å². The van der Waals surface area contributed by atoms with Crippen molar-refractivity contribution in [3.8, 4) is 0 Å². The quantitative estimate of drug-likeness (QED) is 0.771. The lowest BCUT2D eigenvalue weighted by Gasteiger charge is -2.06. The third-order valence-electron chi connectivity index (χ3n) is 1.78. The number of hydrogen-bond donors (Lipinski definition) is 0. The number of aromatic nitrogens is 1. The van der Waals surface area contributed by atoms with Crippen LogP contribution in [0.2, 0.25) is 5.02 Å². The van der Waals surface area contributed by atoms with E-state index in [-0.39, 0.29) is 23.7 Å². The zero-order valence-corrected chi connectivity index (χ0v) is 9.30. The van der Waals surface area contributed by atoms with Crippen LogP contribution in [0.4, 0.5) is 8.78 Å². The van der Waals surface area contributed by atoms with Gasteiger partial charge in [0.15, 0.2) is 0 Å². The second kappa shape index (κ2) is 5.75. The molecule has 1 aromatic heterocycles. The van der Waals surface area contributed by atoms with E-state index in [9.17, 15) is 13.6 Å². The molecule has 0 aliphatic carbocycles. The number of ether oxygens (including phenoxy) is 1. The van der Waals surface area contributed by atoms with E-state index >= 15 is 0 Å². The fourth-order valence-electron chi connectivity index (χ4n) is 1.10. The number of halogens is 3. The Labute approximate surface area is 96.4 Å². The third kappa shape index (κ3) is 3.41. The summed E-state index contributed by atoms with van der Waals surface area (Å²) >= 11 is 5.73. The smallest absolute Gasteiger partial charge is 0.311 e. The molecule has 0 atom stereocenters. The van der Waals surface area contributed by atoms with E-state index < -0.39 is 18.1 Å². The number of alkyl halides is 2. The van der Waals surface area contributed by atoms with Gasteiger partial charge >= 0.3 is 5.97 Å². The molecule has 0 aliphatic rings. The van der Waals surface area contributed by atoms with Gasteiger partial charge in [-0.2, -0.15) is 0 Å². The maximum Gasteiger partial charge on any atom is 0.311 e. The molecule has 0 radical (unpaired) electrons. The van der Waals surface area contributed by atoms with Crippen LogP contribution in [0.5, 0.6) is 0 Å². The average Bonchev–Trinajstić information content (AvgIpc) is 2.21. The van der Waals surface area contributed by atoms with Crippen molar-refractivity contribution in [3.63, 3.8) is 0 Å². The monoisotopic (exact) mass is 249 g/mol. The minimum absolute atomic E-state index is 0.109. The molecule has 1 aromatic rings. The van der Waals surface area contributed by atoms with Crippen LogP contribution >= 0.6 is 11.6 Å². The molecule has 0 aliphatic heterocycles. The van der Waals surface area contributed by atoms with Crippen LogP contribution in [-0.2, 0) is 16.0 Å². The van der Waals surface area contributed by atoms with Crippen molar-refractivity contribution in [3.05, 3.63) is 28.5 Å². The lowest BCUT2D eigenvalue weighted by molar-refractivity contribution is -0.142. The fourth-order valence-corrected chi connectivity index (χ4v) is 1.27. The van der Waals surface area contributed by atoms with Crippen LogP contribution in [0.3, 0.4) is 0 Å². The molecule has 1 heterocycles. The predicted octanol–water partition coefficient (Wildman–Crippen LogP) is 2.78. The van der Waals surface area contributed by atoms with Gasteiger partial charge in [-0.3, -0.25) is 4.79 Å². The van der Waals surface area contributed by atoms with Crippen LogP contribution in [0.1, 0.15) is 24.7 Å². The number of carbonyl (C=O) groups is 1. The van der Waals surface area contributed by atoms with Crippen LogP contribution in [0, 0.1) is 0 Å². The Balaban J connectivity index is 2.86. The number of rotatable bonds is 4. The van der Waals surface area contributed by atoms with Gasteiger partial charge in [0.25, 0.3) is 6.43 Å². The highest BCUT2D eigenvalue weighted by Gasteiger charge is 2.14. The molecule has 0 unspecified atom stereocenters. The molecule has 0 fully saturated rings. The number of nitrogens with zero attached hydrogens (tertiary/aromatic N) is 1. The molecule has 0 aromatic carbocycles. The zero-order valence-electron chi connectivity index (χ0n) is 8.54. The van der Waals surface area contributed by atoms with Gasteiger partial charge in [-0.1, -0.05) is 11.6 Å². The van der Waals surface area contributed by atoms with Gasteiger partial charge in [-0.15, -0.1) is 0 Å². The van der Waals surface area contributed by atoms with Gasteiger partial charge in [-0.25, -0.2) is 13.8 Å². The Morgan fingerprint density at radius 2 is 2.25 bits per heavy atom. The van der Waals surface area contributed by atoms with E-state index in [0.717, 1.165) is 6.07 Å². The summed E-state index contributed by atoms with van der Waals surface area (Å²) in [5, 5.41) is 0.178. The van der Waals surface area contributed by atoms with Crippen LogP contribution in [-0.4, -0.2) is 17.6 Å². The Hall–Kier alpha value is -1.23. The van der Waals surface area contributed by atoms with Crippen molar-refractivity contribution < 1.29 is 18.3 Å². The maximum atomic E-state index is 12.3. The molecule has 0 saturated heterocycles. The van der Waals surface area contributed by atoms with Gasteiger partial charge in [0.2, 0.25) is 0 Å². The van der Waals surface area contributed by atoms with Crippen LogP contribution in [0.15, 0.2) is 12.1 Å². The molecule has 0 N–H and O–H groups in total. The highest BCUT2D eigenvalue weighted by atomic mass is 35.5. The summed E-state index contributed by atoms with van der Waals surface area (Å²) in [4.78, 5) is 14.7. The largest absolute Gasteiger partial charge is 0.466 e. The standard InChI is InChI=1S/C10H10ClF2NO2/c1-2-16-9(15)5-8-6(11)3-4-7(14-8)10(12)13/h3-4,10H,2,5H2,1H3. The highest BCUT2D eigenvalue weighted by Crippen LogP contribution is 2.21. The van der Waals surface area contributed by atoms with Gasteiger partial charge in [0.1, 0.15) is 5.69 Å². The minimum atomic E-state index is -2.68. The van der Waals surface area contributed by atoms with Crippen molar-refractivity contribution >= 4 is 17.6 Å². The Morgan fingerprint density at radius 3 is 2.81 bits per heavy atom. The summed E-state index contributed by atoms with van der Waals surface area (Å²) in [6.07, 6.45) is -2.88. The topological polar surface area (TPSA) is 39.2 Å². The SMILES string of the molecule is CCOC(=O)Cc1nc(C(F)F)ccc1Cl. The second-order valence-electron chi connectivity index (χ2n) is 2.95. The first-order valence-electron chi connectivity index (χ1n) is 4.63. The molecule has 0 spiro atoms. The summed E-state index contributed by atoms with van der Waals surface area (Å²) < 4.78 is 29.4. The van der Waals surface area contributed by atoms with Crippen molar-refractivity contribution in [2.24, 2.45) is 0 Å². The Kier molecular flexibility index (Phi) is 4.61.